The van der Waals surface area contributed by atoms with Crippen molar-refractivity contribution < 1.29 is 14.6 Å². The van der Waals surface area contributed by atoms with E-state index < -0.39 is 0 Å². The lowest BCUT2D eigenvalue weighted by atomic mass is 10.1. The molecular formula is C12H17N5O3. The molecule has 1 aliphatic rings. The van der Waals surface area contributed by atoms with Crippen LogP contribution in [0.3, 0.4) is 0 Å². The van der Waals surface area contributed by atoms with Crippen molar-refractivity contribution in [3.05, 3.63) is 6.33 Å². The first kappa shape index (κ1) is 13.1. The third kappa shape index (κ3) is 1.97. The van der Waals surface area contributed by atoms with Crippen LogP contribution in [0.5, 0.6) is 5.88 Å². The van der Waals surface area contributed by atoms with E-state index in [4.69, 9.17) is 15.2 Å². The lowest BCUT2D eigenvalue weighted by Crippen LogP contribution is -2.15. The average Bonchev–Trinajstić information content (AvgIpc) is 3.00. The van der Waals surface area contributed by atoms with Crippen LogP contribution in [0.1, 0.15) is 19.6 Å². The van der Waals surface area contributed by atoms with Crippen LogP contribution >= 0.6 is 0 Å². The van der Waals surface area contributed by atoms with E-state index in [9.17, 15) is 5.11 Å². The van der Waals surface area contributed by atoms with Gasteiger partial charge in [0.2, 0.25) is 11.8 Å². The van der Waals surface area contributed by atoms with Crippen molar-refractivity contribution in [2.24, 2.45) is 5.92 Å². The van der Waals surface area contributed by atoms with E-state index in [1.54, 1.807) is 6.33 Å². The third-order valence-electron chi connectivity index (χ3n) is 3.53. The quantitative estimate of drug-likeness (QED) is 0.833. The summed E-state index contributed by atoms with van der Waals surface area (Å²) in [4.78, 5) is 12.5. The summed E-state index contributed by atoms with van der Waals surface area (Å²) in [7, 11) is 1.51. The van der Waals surface area contributed by atoms with Gasteiger partial charge in [-0.15, -0.1) is 0 Å². The standard InChI is InChI=1S/C12H17N5O3/c1-6-3-7(4-18)20-11(6)17-5-14-8-9(17)15-12(13)16-10(8)19-2/h5-7,11,18H,3-4H2,1-2H3,(H2,13,15,16). The fourth-order valence-electron chi connectivity index (χ4n) is 2.61. The second-order valence-corrected chi connectivity index (χ2v) is 4.96. The average molecular weight is 279 g/mol. The molecule has 1 aliphatic heterocycles. The molecule has 0 radical (unpaired) electrons. The fraction of sp³-hybridized carbons (Fsp3) is 0.583. The molecule has 0 saturated carbocycles. The fourth-order valence-corrected chi connectivity index (χ4v) is 2.61. The van der Waals surface area contributed by atoms with Crippen molar-refractivity contribution in [1.29, 1.82) is 0 Å². The molecule has 8 nitrogen and oxygen atoms in total. The van der Waals surface area contributed by atoms with Crippen LogP contribution in [0.4, 0.5) is 5.95 Å². The minimum atomic E-state index is -0.226. The van der Waals surface area contributed by atoms with Crippen molar-refractivity contribution in [3.63, 3.8) is 0 Å². The molecule has 0 amide bonds. The number of hydrogen-bond donors (Lipinski definition) is 2. The maximum absolute atomic E-state index is 9.22. The lowest BCUT2D eigenvalue weighted by molar-refractivity contribution is -0.0294. The molecule has 3 rings (SSSR count). The van der Waals surface area contributed by atoms with Crippen molar-refractivity contribution in [1.82, 2.24) is 19.5 Å². The van der Waals surface area contributed by atoms with Crippen LogP contribution in [0, 0.1) is 5.92 Å². The molecule has 0 aromatic carbocycles. The first-order valence-corrected chi connectivity index (χ1v) is 6.44. The van der Waals surface area contributed by atoms with Crippen molar-refractivity contribution >= 4 is 17.1 Å². The van der Waals surface area contributed by atoms with E-state index in [-0.39, 0.29) is 30.8 Å². The molecule has 1 fully saturated rings. The minimum Gasteiger partial charge on any atom is -0.479 e. The van der Waals surface area contributed by atoms with Crippen molar-refractivity contribution in [3.8, 4) is 5.88 Å². The minimum absolute atomic E-state index is 0.00785. The number of nitrogen functional groups attached to an aromatic ring is 1. The number of anilines is 1. The summed E-state index contributed by atoms with van der Waals surface area (Å²) in [5.74, 6) is 0.711. The van der Waals surface area contributed by atoms with Gasteiger partial charge in [-0.3, -0.25) is 4.57 Å². The van der Waals surface area contributed by atoms with Crippen molar-refractivity contribution in [2.75, 3.05) is 19.5 Å². The van der Waals surface area contributed by atoms with E-state index >= 15 is 0 Å². The van der Waals surface area contributed by atoms with Crippen LogP contribution in [-0.2, 0) is 4.74 Å². The predicted molar refractivity (Wildman–Crippen MR) is 71.1 cm³/mol. The summed E-state index contributed by atoms with van der Waals surface area (Å²) in [6.45, 7) is 2.07. The monoisotopic (exact) mass is 279 g/mol. The summed E-state index contributed by atoms with van der Waals surface area (Å²) >= 11 is 0. The molecule has 108 valence electrons. The zero-order chi connectivity index (χ0) is 14.3. The summed E-state index contributed by atoms with van der Waals surface area (Å²) in [5, 5.41) is 9.22. The highest BCUT2D eigenvalue weighted by atomic mass is 16.5. The molecule has 0 bridgehead atoms. The summed E-state index contributed by atoms with van der Waals surface area (Å²) in [6, 6.07) is 0. The zero-order valence-corrected chi connectivity index (χ0v) is 11.4. The number of aromatic nitrogens is 4. The maximum atomic E-state index is 9.22. The van der Waals surface area contributed by atoms with Crippen LogP contribution in [0.25, 0.3) is 11.2 Å². The molecule has 3 N–H and O–H groups in total. The van der Waals surface area contributed by atoms with E-state index in [2.05, 4.69) is 21.9 Å². The van der Waals surface area contributed by atoms with Gasteiger partial charge in [0.1, 0.15) is 6.23 Å². The van der Waals surface area contributed by atoms with Gasteiger partial charge in [0, 0.05) is 5.92 Å². The summed E-state index contributed by atoms with van der Waals surface area (Å²) in [5.41, 5.74) is 6.81. The molecule has 3 heterocycles. The number of imidazole rings is 1. The smallest absolute Gasteiger partial charge is 0.246 e. The maximum Gasteiger partial charge on any atom is 0.246 e. The van der Waals surface area contributed by atoms with Crippen molar-refractivity contribution in [2.45, 2.75) is 25.7 Å². The Bertz CT molecular complexity index is 629. The van der Waals surface area contributed by atoms with E-state index in [1.807, 2.05) is 4.57 Å². The Labute approximate surface area is 115 Å². The van der Waals surface area contributed by atoms with E-state index in [0.29, 0.717) is 17.0 Å². The number of rotatable bonds is 3. The van der Waals surface area contributed by atoms with Gasteiger partial charge in [-0.2, -0.15) is 9.97 Å². The number of aliphatic hydroxyl groups is 1. The summed E-state index contributed by atoms with van der Waals surface area (Å²) in [6.07, 6.45) is 2.05. The number of methoxy groups -OCH3 is 1. The Kier molecular flexibility index (Phi) is 3.19. The molecule has 2 aromatic rings. The Morgan fingerprint density at radius 1 is 1.55 bits per heavy atom. The van der Waals surface area contributed by atoms with Gasteiger partial charge < -0.3 is 20.3 Å². The van der Waals surface area contributed by atoms with Crippen LogP contribution in [0.15, 0.2) is 6.33 Å². The summed E-state index contributed by atoms with van der Waals surface area (Å²) < 4.78 is 12.8. The second kappa shape index (κ2) is 4.88. The number of ether oxygens (including phenoxy) is 2. The van der Waals surface area contributed by atoms with Gasteiger partial charge in [0.05, 0.1) is 26.1 Å². The first-order valence-electron chi connectivity index (χ1n) is 6.44. The Morgan fingerprint density at radius 3 is 3.00 bits per heavy atom. The normalized spacial score (nSPS) is 26.2. The molecule has 8 heteroatoms. The SMILES string of the molecule is COc1nc(N)nc2c1ncn2C1OC(CO)CC1C. The molecule has 20 heavy (non-hydrogen) atoms. The van der Waals surface area contributed by atoms with Gasteiger partial charge in [0.15, 0.2) is 11.2 Å². The first-order chi connectivity index (χ1) is 9.63. The molecule has 0 spiro atoms. The van der Waals surface area contributed by atoms with Gasteiger partial charge in [-0.05, 0) is 6.42 Å². The number of nitrogens with zero attached hydrogens (tertiary/aromatic N) is 4. The number of aliphatic hydroxyl groups excluding tert-OH is 1. The second-order valence-electron chi connectivity index (χ2n) is 4.96. The van der Waals surface area contributed by atoms with Crippen LogP contribution in [-0.4, -0.2) is 44.4 Å². The van der Waals surface area contributed by atoms with E-state index in [0.717, 1.165) is 6.42 Å². The molecular weight excluding hydrogens is 262 g/mol. The number of fused-ring (bicyclic) bond motifs is 1. The van der Waals surface area contributed by atoms with E-state index in [1.165, 1.54) is 7.11 Å². The topological polar surface area (TPSA) is 108 Å². The van der Waals surface area contributed by atoms with Crippen LogP contribution < -0.4 is 10.5 Å². The highest BCUT2D eigenvalue weighted by Crippen LogP contribution is 2.36. The van der Waals surface area contributed by atoms with Gasteiger partial charge in [0.25, 0.3) is 0 Å². The molecule has 3 unspecified atom stereocenters. The largest absolute Gasteiger partial charge is 0.479 e. The lowest BCUT2D eigenvalue weighted by Gasteiger charge is -2.17. The number of hydrogen-bond acceptors (Lipinski definition) is 7. The number of nitrogens with two attached hydrogens (primary N) is 1. The highest BCUT2D eigenvalue weighted by molar-refractivity contribution is 5.77. The Hall–Kier alpha value is -1.93. The molecule has 3 atom stereocenters. The van der Waals surface area contributed by atoms with Crippen LogP contribution in [0.2, 0.25) is 0 Å². The third-order valence-corrected chi connectivity index (χ3v) is 3.53. The van der Waals surface area contributed by atoms with Gasteiger partial charge >= 0.3 is 0 Å². The highest BCUT2D eigenvalue weighted by Gasteiger charge is 2.34. The Morgan fingerprint density at radius 2 is 2.35 bits per heavy atom. The molecule has 2 aromatic heterocycles. The predicted octanol–water partition coefficient (Wildman–Crippen LogP) is 0.333. The molecule has 0 aliphatic carbocycles. The van der Waals surface area contributed by atoms with Gasteiger partial charge in [-0.1, -0.05) is 6.92 Å². The Balaban J connectivity index is 2.07. The van der Waals surface area contributed by atoms with Gasteiger partial charge in [-0.25, -0.2) is 4.98 Å². The molecule has 1 saturated heterocycles. The zero-order valence-electron chi connectivity index (χ0n) is 11.4.